The fourth-order valence-corrected chi connectivity index (χ4v) is 7.02. The molecule has 4 heterocycles. The average molecular weight is 664 g/mol. The lowest BCUT2D eigenvalue weighted by molar-refractivity contribution is -0.138. The summed E-state index contributed by atoms with van der Waals surface area (Å²) in [5, 5.41) is 12.1. The van der Waals surface area contributed by atoms with Crippen molar-refractivity contribution in [1.29, 1.82) is 5.41 Å². The number of nitrogens with zero attached hydrogens (tertiary/aromatic N) is 5. The molecule has 3 aliphatic heterocycles. The van der Waals surface area contributed by atoms with Crippen LogP contribution >= 0.6 is 0 Å². The standard InChI is InChI=1S/C34H33F4N7O3/c35-23-8-6-22(7-9-23)33(12-11-20-3-4-20)31(48)45(32(39)42-33)28(19-43-15-1-2-29(43)46)21-5-10-25(34(36,37)38)24(16-21)30(47)44-17-26-27(18-44)41-14-13-40-26/h5-10,13-14,16,20,28H,1-4,11-12,15,17-19H2,(H2,39,42)/t28?,33-/m1/s1. The van der Waals surface area contributed by atoms with E-state index in [9.17, 15) is 31.9 Å². The Balaban J connectivity index is 1.30. The quantitative estimate of drug-likeness (QED) is 0.314. The highest BCUT2D eigenvalue weighted by Gasteiger charge is 2.54. The number of likely N-dealkylation sites (tertiary alicyclic amines) is 1. The summed E-state index contributed by atoms with van der Waals surface area (Å²) in [6.45, 7) is 0.241. The van der Waals surface area contributed by atoms with Crippen molar-refractivity contribution in [2.75, 3.05) is 13.1 Å². The number of rotatable bonds is 9. The molecule has 2 atom stereocenters. The molecule has 1 saturated carbocycles. The van der Waals surface area contributed by atoms with E-state index in [1.807, 2.05) is 0 Å². The lowest BCUT2D eigenvalue weighted by Gasteiger charge is -2.33. The fourth-order valence-electron chi connectivity index (χ4n) is 7.02. The van der Waals surface area contributed by atoms with Crippen LogP contribution in [0.25, 0.3) is 0 Å². The van der Waals surface area contributed by atoms with Gasteiger partial charge >= 0.3 is 6.18 Å². The van der Waals surface area contributed by atoms with Crippen molar-refractivity contribution in [2.45, 2.75) is 69.4 Å². The maximum absolute atomic E-state index is 14.7. The third kappa shape index (κ3) is 5.77. The molecule has 2 aromatic carbocycles. The minimum Gasteiger partial charge on any atom is -0.340 e. The molecule has 0 radical (unpaired) electrons. The Kier molecular flexibility index (Phi) is 7.91. The second-order valence-electron chi connectivity index (χ2n) is 12.9. The molecule has 2 N–H and O–H groups in total. The smallest absolute Gasteiger partial charge is 0.340 e. The Bertz CT molecular complexity index is 1770. The van der Waals surface area contributed by atoms with Gasteiger partial charge in [-0.25, -0.2) is 4.39 Å². The second kappa shape index (κ2) is 12.0. The summed E-state index contributed by atoms with van der Waals surface area (Å²) in [4.78, 5) is 53.6. The van der Waals surface area contributed by atoms with Gasteiger partial charge in [0, 0.05) is 31.9 Å². The number of fused-ring (bicyclic) bond motifs is 1. The van der Waals surface area contributed by atoms with Crippen LogP contribution in [0.4, 0.5) is 17.6 Å². The number of halogens is 4. The predicted octanol–water partition coefficient (Wildman–Crippen LogP) is 4.91. The van der Waals surface area contributed by atoms with Crippen molar-refractivity contribution in [3.63, 3.8) is 0 Å². The first kappa shape index (κ1) is 31.7. The Labute approximate surface area is 273 Å². The van der Waals surface area contributed by atoms with Gasteiger partial charge in [-0.1, -0.05) is 31.0 Å². The molecule has 1 unspecified atom stereocenters. The summed E-state index contributed by atoms with van der Waals surface area (Å²) < 4.78 is 57.1. The topological polar surface area (TPSA) is 123 Å². The number of hydrogen-bond donors (Lipinski definition) is 2. The van der Waals surface area contributed by atoms with Gasteiger partial charge in [-0.3, -0.25) is 34.7 Å². The molecule has 10 nitrogen and oxygen atoms in total. The van der Waals surface area contributed by atoms with Crippen molar-refractivity contribution in [3.05, 3.63) is 94.3 Å². The van der Waals surface area contributed by atoms with Gasteiger partial charge < -0.3 is 15.1 Å². The normalized spacial score (nSPS) is 21.6. The number of carbonyl (C=O) groups excluding carboxylic acids is 3. The summed E-state index contributed by atoms with van der Waals surface area (Å²) in [5.74, 6) is -1.96. The Hall–Kier alpha value is -4.88. The number of nitrogens with one attached hydrogen (secondary N) is 2. The van der Waals surface area contributed by atoms with Crippen LogP contribution in [0, 0.1) is 17.1 Å². The number of guanidine groups is 1. The van der Waals surface area contributed by atoms with Crippen LogP contribution in [0.15, 0.2) is 54.9 Å². The van der Waals surface area contributed by atoms with Gasteiger partial charge in [0.05, 0.1) is 41.6 Å². The monoisotopic (exact) mass is 663 g/mol. The molecule has 4 aliphatic rings. The van der Waals surface area contributed by atoms with E-state index in [0.29, 0.717) is 48.7 Å². The predicted molar refractivity (Wildman–Crippen MR) is 163 cm³/mol. The number of amides is 3. The van der Waals surface area contributed by atoms with Crippen LogP contribution in [0.1, 0.15) is 83.0 Å². The first-order valence-corrected chi connectivity index (χ1v) is 16.0. The van der Waals surface area contributed by atoms with Crippen LogP contribution in [0.2, 0.25) is 0 Å². The lowest BCUT2D eigenvalue weighted by Crippen LogP contribution is -2.46. The molecule has 3 amide bonds. The van der Waals surface area contributed by atoms with Crippen molar-refractivity contribution in [1.82, 2.24) is 30.0 Å². The van der Waals surface area contributed by atoms with Gasteiger partial charge in [0.1, 0.15) is 11.4 Å². The zero-order valence-electron chi connectivity index (χ0n) is 25.9. The molecule has 1 aromatic heterocycles. The van der Waals surface area contributed by atoms with Crippen LogP contribution in [-0.4, -0.2) is 61.4 Å². The van der Waals surface area contributed by atoms with Crippen LogP contribution in [0.5, 0.6) is 0 Å². The highest BCUT2D eigenvalue weighted by molar-refractivity contribution is 6.09. The molecule has 48 heavy (non-hydrogen) atoms. The van der Waals surface area contributed by atoms with E-state index >= 15 is 0 Å². The highest BCUT2D eigenvalue weighted by Crippen LogP contribution is 2.43. The number of alkyl halides is 3. The van der Waals surface area contributed by atoms with Crippen LogP contribution < -0.4 is 5.32 Å². The average Bonchev–Trinajstić information content (AvgIpc) is 3.56. The summed E-state index contributed by atoms with van der Waals surface area (Å²) in [5.41, 5.74) is -1.58. The van der Waals surface area contributed by atoms with Crippen molar-refractivity contribution < 1.29 is 31.9 Å². The number of benzene rings is 2. The van der Waals surface area contributed by atoms with E-state index in [1.165, 1.54) is 57.4 Å². The fraction of sp³-hybridized carbons (Fsp3) is 0.412. The molecular formula is C34H33F4N7O3. The van der Waals surface area contributed by atoms with E-state index in [1.54, 1.807) is 0 Å². The van der Waals surface area contributed by atoms with Gasteiger partial charge in [0.2, 0.25) is 5.91 Å². The molecule has 250 valence electrons. The third-order valence-electron chi connectivity index (χ3n) is 9.79. The van der Waals surface area contributed by atoms with E-state index in [0.717, 1.165) is 25.0 Å². The molecule has 0 spiro atoms. The van der Waals surface area contributed by atoms with E-state index in [4.69, 9.17) is 5.41 Å². The number of carbonyl (C=O) groups is 3. The van der Waals surface area contributed by atoms with Gasteiger partial charge in [0.15, 0.2) is 5.96 Å². The lowest BCUT2D eigenvalue weighted by atomic mass is 9.84. The van der Waals surface area contributed by atoms with Gasteiger partial charge in [-0.05, 0) is 60.6 Å². The molecule has 1 aliphatic carbocycles. The van der Waals surface area contributed by atoms with E-state index in [-0.39, 0.29) is 43.5 Å². The SMILES string of the molecule is N=C1N[C@](CCC2CC2)(c2ccc(F)cc2)C(=O)N1C(CN1CCCC1=O)c1ccc(C(F)(F)F)c(C(=O)N2Cc3nccnc3C2)c1. The zero-order chi connectivity index (χ0) is 33.8. The third-order valence-corrected chi connectivity index (χ3v) is 9.79. The first-order chi connectivity index (χ1) is 22.9. The first-order valence-electron chi connectivity index (χ1n) is 16.0. The molecule has 3 aromatic rings. The Morgan fingerprint density at radius 3 is 2.33 bits per heavy atom. The maximum atomic E-state index is 14.7. The number of hydrogen-bond acceptors (Lipinski definition) is 6. The van der Waals surface area contributed by atoms with E-state index < -0.39 is 46.5 Å². The van der Waals surface area contributed by atoms with Crippen LogP contribution in [0.3, 0.4) is 0 Å². The molecule has 14 heteroatoms. The summed E-state index contributed by atoms with van der Waals surface area (Å²) in [6, 6.07) is 7.52. The molecule has 3 fully saturated rings. The van der Waals surface area contributed by atoms with Crippen molar-refractivity contribution in [3.8, 4) is 0 Å². The Morgan fingerprint density at radius 2 is 1.73 bits per heavy atom. The number of aromatic nitrogens is 2. The van der Waals surface area contributed by atoms with Gasteiger partial charge in [-0.15, -0.1) is 0 Å². The van der Waals surface area contributed by atoms with E-state index in [2.05, 4.69) is 15.3 Å². The summed E-state index contributed by atoms with van der Waals surface area (Å²) in [7, 11) is 0. The van der Waals surface area contributed by atoms with Gasteiger partial charge in [0.25, 0.3) is 11.8 Å². The summed E-state index contributed by atoms with van der Waals surface area (Å²) >= 11 is 0. The molecule has 2 saturated heterocycles. The minimum atomic E-state index is -4.87. The Morgan fingerprint density at radius 1 is 1.04 bits per heavy atom. The largest absolute Gasteiger partial charge is 0.417 e. The molecular weight excluding hydrogens is 630 g/mol. The molecule has 7 rings (SSSR count). The van der Waals surface area contributed by atoms with Crippen LogP contribution in [-0.2, 0) is 34.4 Å². The maximum Gasteiger partial charge on any atom is 0.417 e. The summed E-state index contributed by atoms with van der Waals surface area (Å²) in [6.07, 6.45) is 1.91. The van der Waals surface area contributed by atoms with Crippen molar-refractivity contribution in [2.24, 2.45) is 5.92 Å². The highest BCUT2D eigenvalue weighted by atomic mass is 19.4. The minimum absolute atomic E-state index is 0.0183. The van der Waals surface area contributed by atoms with Crippen molar-refractivity contribution >= 4 is 23.7 Å². The van der Waals surface area contributed by atoms with Gasteiger partial charge in [-0.2, -0.15) is 13.2 Å². The second-order valence-corrected chi connectivity index (χ2v) is 12.9. The zero-order valence-corrected chi connectivity index (χ0v) is 25.9. The molecule has 0 bridgehead atoms.